The van der Waals surface area contributed by atoms with Gasteiger partial charge in [0, 0.05) is 34.6 Å². The zero-order chi connectivity index (χ0) is 15.2. The molecule has 21 heavy (non-hydrogen) atoms. The molecule has 1 aromatic carbocycles. The molecule has 1 saturated heterocycles. The van der Waals surface area contributed by atoms with Gasteiger partial charge in [0.2, 0.25) is 15.0 Å². The Balaban J connectivity index is 1.87. The van der Waals surface area contributed by atoms with Crippen molar-refractivity contribution in [1.29, 1.82) is 0 Å². The first-order valence-corrected chi connectivity index (χ1v) is 9.78. The number of anilines is 1. The maximum absolute atomic E-state index is 12.0. The van der Waals surface area contributed by atoms with E-state index in [4.69, 9.17) is 22.3 Å². The van der Waals surface area contributed by atoms with Crippen LogP contribution < -0.4 is 4.90 Å². The van der Waals surface area contributed by atoms with Crippen molar-refractivity contribution in [3.05, 3.63) is 23.2 Å². The lowest BCUT2D eigenvalue weighted by Gasteiger charge is -2.12. The molecule has 0 aliphatic carbocycles. The first kappa shape index (κ1) is 15.0. The van der Waals surface area contributed by atoms with Crippen molar-refractivity contribution in [2.45, 2.75) is 6.42 Å². The molecule has 2 aromatic rings. The van der Waals surface area contributed by atoms with E-state index in [1.807, 2.05) is 6.07 Å². The molecule has 2 heterocycles. The van der Waals surface area contributed by atoms with Gasteiger partial charge in [0.05, 0.1) is 16.0 Å². The molecule has 0 radical (unpaired) electrons. The van der Waals surface area contributed by atoms with Crippen molar-refractivity contribution in [2.24, 2.45) is 5.92 Å². The average Bonchev–Trinajstić information content (AvgIpc) is 2.89. The highest BCUT2D eigenvalue weighted by atomic mass is 35.7. The van der Waals surface area contributed by atoms with Gasteiger partial charge >= 0.3 is 0 Å². The van der Waals surface area contributed by atoms with Crippen molar-refractivity contribution >= 4 is 63.9 Å². The van der Waals surface area contributed by atoms with E-state index in [-0.39, 0.29) is 24.0 Å². The molecule has 5 nitrogen and oxygen atoms in total. The van der Waals surface area contributed by atoms with Gasteiger partial charge in [0.15, 0.2) is 5.13 Å². The fourth-order valence-electron chi connectivity index (χ4n) is 2.36. The quantitative estimate of drug-likeness (QED) is 0.785. The van der Waals surface area contributed by atoms with Crippen LogP contribution in [0.4, 0.5) is 5.13 Å². The van der Waals surface area contributed by atoms with Crippen LogP contribution in [0.5, 0.6) is 0 Å². The first-order valence-electron chi connectivity index (χ1n) is 6.10. The summed E-state index contributed by atoms with van der Waals surface area (Å²) in [6, 6.07) is 5.35. The predicted octanol–water partition coefficient (Wildman–Crippen LogP) is 2.87. The summed E-state index contributed by atoms with van der Waals surface area (Å²) in [6.45, 7) is 0.318. The van der Waals surface area contributed by atoms with Crippen LogP contribution in [0.25, 0.3) is 10.2 Å². The largest absolute Gasteiger partial charge is 0.288 e. The molecule has 1 fully saturated rings. The Labute approximate surface area is 134 Å². The van der Waals surface area contributed by atoms with E-state index >= 15 is 0 Å². The number of aromatic nitrogens is 1. The summed E-state index contributed by atoms with van der Waals surface area (Å²) >= 11 is 7.29. The smallest absolute Gasteiger partial charge is 0.232 e. The molecule has 1 aromatic heterocycles. The second-order valence-corrected chi connectivity index (χ2v) is 9.16. The maximum atomic E-state index is 12.0. The molecule has 0 N–H and O–H groups in total. The van der Waals surface area contributed by atoms with Gasteiger partial charge in [-0.3, -0.25) is 9.69 Å². The van der Waals surface area contributed by atoms with Crippen molar-refractivity contribution in [1.82, 2.24) is 4.98 Å². The molecule has 1 atom stereocenters. The molecule has 0 saturated carbocycles. The van der Waals surface area contributed by atoms with Gasteiger partial charge in [-0.2, -0.15) is 0 Å². The lowest BCUT2D eigenvalue weighted by atomic mass is 10.1. The van der Waals surface area contributed by atoms with Gasteiger partial charge in [0.25, 0.3) is 0 Å². The third-order valence-electron chi connectivity index (χ3n) is 3.21. The van der Waals surface area contributed by atoms with E-state index in [0.717, 1.165) is 10.2 Å². The number of nitrogens with zero attached hydrogens (tertiary/aromatic N) is 2. The highest BCUT2D eigenvalue weighted by Gasteiger charge is 2.34. The summed E-state index contributed by atoms with van der Waals surface area (Å²) < 4.78 is 23.2. The van der Waals surface area contributed by atoms with Gasteiger partial charge in [-0.1, -0.05) is 22.9 Å². The molecule has 0 spiro atoms. The van der Waals surface area contributed by atoms with Gasteiger partial charge in [-0.15, -0.1) is 0 Å². The SMILES string of the molecule is O=C1CC(CS(=O)(=O)Cl)CN1c1nc2cc(Cl)ccc2s1. The molecule has 3 rings (SSSR count). The monoisotopic (exact) mass is 364 g/mol. The van der Waals surface area contributed by atoms with Crippen molar-refractivity contribution in [3.8, 4) is 0 Å². The molecule has 1 aliphatic rings. The predicted molar refractivity (Wildman–Crippen MR) is 84.7 cm³/mol. The van der Waals surface area contributed by atoms with Crippen LogP contribution in [0.3, 0.4) is 0 Å². The Morgan fingerprint density at radius 2 is 2.19 bits per heavy atom. The maximum Gasteiger partial charge on any atom is 0.232 e. The zero-order valence-corrected chi connectivity index (χ0v) is 13.8. The number of benzene rings is 1. The fraction of sp³-hybridized carbons (Fsp3) is 0.333. The summed E-state index contributed by atoms with van der Waals surface area (Å²) in [5, 5.41) is 1.14. The Morgan fingerprint density at radius 3 is 2.90 bits per heavy atom. The van der Waals surface area contributed by atoms with Gasteiger partial charge in [-0.25, -0.2) is 13.4 Å². The molecule has 1 amide bonds. The Kier molecular flexibility index (Phi) is 3.85. The number of hydrogen-bond acceptors (Lipinski definition) is 5. The first-order chi connectivity index (χ1) is 9.82. The van der Waals surface area contributed by atoms with Crippen LogP contribution in [-0.4, -0.2) is 31.6 Å². The third-order valence-corrected chi connectivity index (χ3v) is 5.75. The van der Waals surface area contributed by atoms with Crippen molar-refractivity contribution < 1.29 is 13.2 Å². The molecule has 112 valence electrons. The van der Waals surface area contributed by atoms with Crippen molar-refractivity contribution in [2.75, 3.05) is 17.2 Å². The lowest BCUT2D eigenvalue weighted by molar-refractivity contribution is -0.117. The second kappa shape index (κ2) is 5.39. The average molecular weight is 365 g/mol. The standard InChI is InChI=1S/C12H10Cl2N2O3S2/c13-8-1-2-10-9(4-8)15-12(20-10)16-5-7(3-11(16)17)6-21(14,18)19/h1-2,4,7H,3,5-6H2. The lowest BCUT2D eigenvalue weighted by Crippen LogP contribution is -2.25. The van der Waals surface area contributed by atoms with Crippen LogP contribution in [0.1, 0.15) is 6.42 Å². The number of rotatable bonds is 3. The molecule has 1 aliphatic heterocycles. The summed E-state index contributed by atoms with van der Waals surface area (Å²) in [6.07, 6.45) is 0.169. The summed E-state index contributed by atoms with van der Waals surface area (Å²) in [5.74, 6) is -0.630. The van der Waals surface area contributed by atoms with Crippen LogP contribution in [0.2, 0.25) is 5.02 Å². The van der Waals surface area contributed by atoms with Crippen molar-refractivity contribution in [3.63, 3.8) is 0 Å². The van der Waals surface area contributed by atoms with E-state index in [1.54, 1.807) is 12.1 Å². The minimum atomic E-state index is -3.61. The molecule has 1 unspecified atom stereocenters. The number of amides is 1. The van der Waals surface area contributed by atoms with E-state index < -0.39 is 9.05 Å². The third kappa shape index (κ3) is 3.31. The summed E-state index contributed by atoms with van der Waals surface area (Å²) in [7, 11) is 1.64. The highest BCUT2D eigenvalue weighted by molar-refractivity contribution is 8.13. The Morgan fingerprint density at radius 1 is 1.43 bits per heavy atom. The second-order valence-electron chi connectivity index (χ2n) is 4.89. The van der Waals surface area contributed by atoms with Crippen LogP contribution >= 0.6 is 33.6 Å². The Bertz CT molecular complexity index is 819. The van der Waals surface area contributed by atoms with E-state index in [9.17, 15) is 13.2 Å². The molecular weight excluding hydrogens is 355 g/mol. The van der Waals surface area contributed by atoms with Crippen LogP contribution in [0, 0.1) is 5.92 Å². The van der Waals surface area contributed by atoms with E-state index in [2.05, 4.69) is 4.98 Å². The molecule has 9 heteroatoms. The number of fused-ring (bicyclic) bond motifs is 1. The summed E-state index contributed by atoms with van der Waals surface area (Å²) in [5.41, 5.74) is 0.726. The number of hydrogen-bond donors (Lipinski definition) is 0. The minimum Gasteiger partial charge on any atom is -0.288 e. The molecular formula is C12H10Cl2N2O3S2. The van der Waals surface area contributed by atoms with Gasteiger partial charge in [0.1, 0.15) is 0 Å². The fourth-order valence-corrected chi connectivity index (χ4v) is 4.82. The number of thiazole rings is 1. The number of carbonyl (C=O) groups excluding carboxylic acids is 1. The van der Waals surface area contributed by atoms with E-state index in [1.165, 1.54) is 16.2 Å². The van der Waals surface area contributed by atoms with Gasteiger partial charge in [-0.05, 0) is 18.2 Å². The zero-order valence-electron chi connectivity index (χ0n) is 10.6. The number of halogens is 2. The minimum absolute atomic E-state index is 0.134. The van der Waals surface area contributed by atoms with Crippen LogP contribution in [-0.2, 0) is 13.8 Å². The Hall–Kier alpha value is -0.890. The van der Waals surface area contributed by atoms with Crippen LogP contribution in [0.15, 0.2) is 18.2 Å². The highest BCUT2D eigenvalue weighted by Crippen LogP contribution is 2.34. The van der Waals surface area contributed by atoms with E-state index in [0.29, 0.717) is 16.7 Å². The summed E-state index contributed by atoms with van der Waals surface area (Å²) in [4.78, 5) is 18.0. The van der Waals surface area contributed by atoms with Gasteiger partial charge < -0.3 is 0 Å². The topological polar surface area (TPSA) is 67.3 Å². The number of carbonyl (C=O) groups is 1. The molecule has 0 bridgehead atoms. The normalized spacial score (nSPS) is 19.6.